The van der Waals surface area contributed by atoms with Gasteiger partial charge in [0.25, 0.3) is 0 Å². The van der Waals surface area contributed by atoms with E-state index in [9.17, 15) is 77.8 Å². The summed E-state index contributed by atoms with van der Waals surface area (Å²) in [6.45, 7) is 4.85. The monoisotopic (exact) mass is 1340 g/mol. The minimum atomic E-state index is -2.23. The molecule has 1 saturated carbocycles. The van der Waals surface area contributed by atoms with Crippen LogP contribution in [0.25, 0.3) is 83.5 Å². The van der Waals surface area contributed by atoms with E-state index in [0.717, 1.165) is 41.5 Å². The summed E-state index contributed by atoms with van der Waals surface area (Å²) in [5.74, 6) is -7.38. The van der Waals surface area contributed by atoms with Crippen molar-refractivity contribution in [3.05, 3.63) is 119 Å². The first kappa shape index (κ1) is 73.7. The van der Waals surface area contributed by atoms with E-state index in [4.69, 9.17) is 71.1 Å². The molecule has 1 aromatic rings. The Morgan fingerprint density at radius 3 is 1.26 bits per heavy atom. The molecule has 9 unspecified atom stereocenters. The maximum atomic E-state index is 13.9. The van der Waals surface area contributed by atoms with E-state index in [1.54, 1.807) is 13.0 Å². The molecule has 0 N–H and O–H groups in total. The zero-order valence-corrected chi connectivity index (χ0v) is 51.0. The number of ether oxygens (including phenoxy) is 15. The molecule has 4 saturated heterocycles. The van der Waals surface area contributed by atoms with Crippen LogP contribution in [0.4, 0.5) is 0 Å². The van der Waals surface area contributed by atoms with Crippen molar-refractivity contribution in [3.8, 4) is 0 Å². The summed E-state index contributed by atoms with van der Waals surface area (Å²) in [6, 6.07) is -2.71. The standard InChI is InChI=1S/C49H60N24O22/c1-8-27-31(62-70-54)32(63-71-55)42(92-45(80)24-12-10-9-11-13-24)48(88-27)81-17-30-39(94-47-34(65-73-57)41(86-22(6)78)38(84-20(4)76)29(90-47)16-59-67-51)44(87-23(7)79)49(91-30)95-43-35(82-18(2)74)25(60-68-52)14-26(61-69-53)36(43)93-46-33(64-72-56)40(85-21(5)77)37(83-19(3)75)28(89-46)15-58-66-50/h9-13,25-44,46-49H,8,14-17H2,1-7H3/t25-,26?,27?,28?,29+,30-,31+,32+,33?,34?,35?,36-,37-,38-,39+,40-,41?,42?,43-,44?,46-,47-,48-,49+/m1/s1. The fraction of sp³-hybridized carbons (Fsp3) is 0.735. The van der Waals surface area contributed by atoms with Crippen LogP contribution in [-0.2, 0) is 99.8 Å². The second kappa shape index (κ2) is 35.6. The molecule has 24 atom stereocenters. The van der Waals surface area contributed by atoms with E-state index in [2.05, 4.69) is 80.2 Å². The predicted molar refractivity (Wildman–Crippen MR) is 305 cm³/mol. The van der Waals surface area contributed by atoms with Crippen LogP contribution in [0.15, 0.2) is 71.2 Å². The molecule has 1 aromatic carbocycles. The fourth-order valence-electron chi connectivity index (χ4n) is 11.1. The van der Waals surface area contributed by atoms with Gasteiger partial charge in [0.15, 0.2) is 61.8 Å². The minimum Gasteiger partial charge on any atom is -0.459 e. The number of nitrogens with zero attached hydrogens (tertiary/aromatic N) is 24. The number of carbonyl (C=O) groups is 7. The van der Waals surface area contributed by atoms with Crippen LogP contribution in [-0.4, -0.2) is 208 Å². The van der Waals surface area contributed by atoms with Gasteiger partial charge < -0.3 is 71.1 Å². The normalized spacial score (nSPS) is 33.6. The Kier molecular flexibility index (Phi) is 27.7. The molecule has 5 fully saturated rings. The SMILES string of the molecule is CCC1O[C@@H](OC[C@H]2O[C@@H](O[C@@H]3C(OC(C)=O)[C@H](N=[N+]=[N-])CC(N=[N+]=[N-])[C@H]3O[C@H]3OC(CN=[N+]=[N-])[C@@H](OC(C)=O)[C@H](OC(C)=O)C3N=[N+]=[N-])C(OC(C)=O)[C@H]2O[C@H]2O[C@@H](CN=[N+]=[N-])[C@@H](OC(C)=O)C(OC(C)=O)C2N=[N+]=[N-])C(OC(=O)c2ccccc2)[C@@H](N=[N+]=[N-])[C@H]1N=[N+]=[N-]. The van der Waals surface area contributed by atoms with E-state index in [1.165, 1.54) is 24.3 Å². The largest absolute Gasteiger partial charge is 0.459 e. The lowest BCUT2D eigenvalue weighted by atomic mass is 9.83. The lowest BCUT2D eigenvalue weighted by Crippen LogP contribution is -2.65. The van der Waals surface area contributed by atoms with Crippen LogP contribution >= 0.6 is 0 Å². The second-order valence-corrected chi connectivity index (χ2v) is 20.8. The number of rotatable bonds is 28. The van der Waals surface area contributed by atoms with Gasteiger partial charge in [0.1, 0.15) is 48.7 Å². The number of azide groups is 8. The van der Waals surface area contributed by atoms with Crippen molar-refractivity contribution in [2.75, 3.05) is 19.7 Å². The second-order valence-electron chi connectivity index (χ2n) is 20.8. The van der Waals surface area contributed by atoms with Crippen LogP contribution in [0, 0.1) is 0 Å². The van der Waals surface area contributed by atoms with Crippen molar-refractivity contribution < 1.29 is 105 Å². The Balaban J connectivity index is 1.59. The van der Waals surface area contributed by atoms with Gasteiger partial charge in [-0.05, 0) is 69.2 Å². The Labute approximate surface area is 533 Å². The first-order valence-corrected chi connectivity index (χ1v) is 28.4. The number of carbonyl (C=O) groups excluding carboxylic acids is 7. The third-order valence-corrected chi connectivity index (χ3v) is 14.6. The highest BCUT2D eigenvalue weighted by molar-refractivity contribution is 5.89. The van der Waals surface area contributed by atoms with Gasteiger partial charge >= 0.3 is 41.8 Å². The zero-order valence-electron chi connectivity index (χ0n) is 51.0. The third-order valence-electron chi connectivity index (χ3n) is 14.6. The number of esters is 7. The summed E-state index contributed by atoms with van der Waals surface area (Å²) in [4.78, 5) is 114. The van der Waals surface area contributed by atoms with Gasteiger partial charge in [0.05, 0.1) is 61.6 Å². The van der Waals surface area contributed by atoms with Crippen LogP contribution in [0.1, 0.15) is 71.7 Å². The first-order valence-electron chi connectivity index (χ1n) is 28.4. The predicted octanol–water partition coefficient (Wildman–Crippen LogP) is 6.38. The molecular weight excluding hydrogens is 1280 g/mol. The molecule has 46 nitrogen and oxygen atoms in total. The van der Waals surface area contributed by atoms with Crippen molar-refractivity contribution in [2.45, 2.75) is 208 Å². The van der Waals surface area contributed by atoms with E-state index in [-0.39, 0.29) is 12.0 Å². The summed E-state index contributed by atoms with van der Waals surface area (Å²) in [5, 5.41) is 29.8. The van der Waals surface area contributed by atoms with Crippen LogP contribution in [0.2, 0.25) is 0 Å². The molecule has 0 aromatic heterocycles. The van der Waals surface area contributed by atoms with E-state index >= 15 is 0 Å². The van der Waals surface area contributed by atoms with Crippen LogP contribution in [0.3, 0.4) is 0 Å². The van der Waals surface area contributed by atoms with Crippen molar-refractivity contribution in [1.82, 2.24) is 0 Å². The van der Waals surface area contributed by atoms with Gasteiger partial charge in [-0.25, -0.2) is 4.79 Å². The molecular formula is C49H60N24O22. The quantitative estimate of drug-likeness (QED) is 0.0288. The molecule has 0 bridgehead atoms. The summed E-state index contributed by atoms with van der Waals surface area (Å²) in [7, 11) is 0. The van der Waals surface area contributed by atoms with Crippen LogP contribution in [0.5, 0.6) is 0 Å². The Bertz CT molecular complexity index is 3370. The van der Waals surface area contributed by atoms with Gasteiger partial charge in [-0.1, -0.05) is 66.0 Å². The minimum absolute atomic E-state index is 0.0219. The highest BCUT2D eigenvalue weighted by Gasteiger charge is 2.60. The number of hydrogen-bond donors (Lipinski definition) is 0. The molecule has 6 rings (SSSR count). The van der Waals surface area contributed by atoms with Crippen molar-refractivity contribution >= 4 is 41.8 Å². The van der Waals surface area contributed by atoms with Crippen molar-refractivity contribution in [3.63, 3.8) is 0 Å². The molecule has 95 heavy (non-hydrogen) atoms. The van der Waals surface area contributed by atoms with Crippen molar-refractivity contribution in [1.29, 1.82) is 0 Å². The lowest BCUT2D eigenvalue weighted by molar-refractivity contribution is -0.310. The number of benzene rings is 1. The van der Waals surface area contributed by atoms with Gasteiger partial charge in [-0.2, -0.15) is 0 Å². The molecule has 5 aliphatic rings. The van der Waals surface area contributed by atoms with Gasteiger partial charge in [0, 0.05) is 80.8 Å². The molecule has 46 heteroatoms. The Morgan fingerprint density at radius 2 is 0.800 bits per heavy atom. The summed E-state index contributed by atoms with van der Waals surface area (Å²) < 4.78 is 91.2. The molecule has 1 aliphatic carbocycles. The summed E-state index contributed by atoms with van der Waals surface area (Å²) in [5.41, 5.74) is 78.5. The highest BCUT2D eigenvalue weighted by atomic mass is 16.8. The maximum Gasteiger partial charge on any atom is 0.338 e. The topological polar surface area (TPSA) is 648 Å². The maximum absolute atomic E-state index is 13.9. The Hall–Kier alpha value is -10.3. The van der Waals surface area contributed by atoms with Gasteiger partial charge in [-0.15, -0.1) is 0 Å². The van der Waals surface area contributed by atoms with Crippen molar-refractivity contribution in [2.24, 2.45) is 40.9 Å². The van der Waals surface area contributed by atoms with Gasteiger partial charge in [0.2, 0.25) is 0 Å². The summed E-state index contributed by atoms with van der Waals surface area (Å²) in [6.07, 6.45) is -34.2. The summed E-state index contributed by atoms with van der Waals surface area (Å²) >= 11 is 0. The first-order chi connectivity index (χ1) is 45.6. The van der Waals surface area contributed by atoms with Gasteiger partial charge in [-0.3, -0.25) is 28.8 Å². The Morgan fingerprint density at radius 1 is 0.400 bits per heavy atom. The third kappa shape index (κ3) is 19.2. The molecule has 508 valence electrons. The fourth-order valence-corrected chi connectivity index (χ4v) is 11.1. The van der Waals surface area contributed by atoms with E-state index in [0.29, 0.717) is 0 Å². The number of hydrogen-bond acceptors (Lipinski definition) is 30. The smallest absolute Gasteiger partial charge is 0.338 e. The highest BCUT2D eigenvalue weighted by Crippen LogP contribution is 2.42. The van der Waals surface area contributed by atoms with Crippen LogP contribution < -0.4 is 0 Å². The zero-order chi connectivity index (χ0) is 69.5. The lowest BCUT2D eigenvalue weighted by Gasteiger charge is -2.48. The molecule has 0 amide bonds. The molecule has 0 radical (unpaired) electrons. The average molecular weight is 1340 g/mol. The molecule has 4 heterocycles. The average Bonchev–Trinajstić information content (AvgIpc) is 1.75. The molecule has 0 spiro atoms. The molecule has 4 aliphatic heterocycles. The van der Waals surface area contributed by atoms with E-state index < -0.39 is 215 Å². The van der Waals surface area contributed by atoms with E-state index in [1.807, 2.05) is 0 Å².